The van der Waals surface area contributed by atoms with Crippen LogP contribution in [-0.4, -0.2) is 35.6 Å². The lowest BCUT2D eigenvalue weighted by molar-refractivity contribution is -0.141. The molecule has 1 unspecified atom stereocenters. The van der Waals surface area contributed by atoms with Crippen molar-refractivity contribution in [1.82, 2.24) is 9.97 Å². The van der Waals surface area contributed by atoms with Crippen LogP contribution in [0.1, 0.15) is 30.8 Å². The van der Waals surface area contributed by atoms with Gasteiger partial charge in [0.2, 0.25) is 0 Å². The lowest BCUT2D eigenvalue weighted by Gasteiger charge is -2.34. The second-order valence-electron chi connectivity index (χ2n) is 7.50. The minimum Gasteiger partial charge on any atom is -0.465 e. The van der Waals surface area contributed by atoms with Crippen LogP contribution in [0.5, 0.6) is 11.5 Å². The van der Waals surface area contributed by atoms with Gasteiger partial charge in [-0.3, -0.25) is 4.79 Å². The fourth-order valence-electron chi connectivity index (χ4n) is 3.70. The maximum Gasteiger partial charge on any atom is 0.325 e. The number of esters is 1. The van der Waals surface area contributed by atoms with Crippen LogP contribution in [0.2, 0.25) is 5.02 Å². The molecular weight excluding hydrogens is 428 g/mol. The first-order valence-corrected chi connectivity index (χ1v) is 10.9. The van der Waals surface area contributed by atoms with Crippen LogP contribution < -0.4 is 15.0 Å². The first-order valence-electron chi connectivity index (χ1n) is 10.6. The molecule has 2 heterocycles. The van der Waals surface area contributed by atoms with E-state index in [9.17, 15) is 4.79 Å². The molecule has 166 valence electrons. The Kier molecular flexibility index (Phi) is 6.75. The number of benzene rings is 2. The summed E-state index contributed by atoms with van der Waals surface area (Å²) in [6.07, 6.45) is 2.62. The monoisotopic (exact) mass is 452 g/mol. The molecule has 1 N–H and O–H groups in total. The average Bonchev–Trinajstić information content (AvgIpc) is 2.76. The quantitative estimate of drug-likeness (QED) is 0.496. The Morgan fingerprint density at radius 3 is 2.78 bits per heavy atom. The van der Waals surface area contributed by atoms with E-state index < -0.39 is 0 Å². The van der Waals surface area contributed by atoms with Gasteiger partial charge >= 0.3 is 5.97 Å². The highest BCUT2D eigenvalue weighted by atomic mass is 35.5. The summed E-state index contributed by atoms with van der Waals surface area (Å²) in [6.45, 7) is 4.86. The van der Waals surface area contributed by atoms with Crippen molar-refractivity contribution in [3.8, 4) is 11.5 Å². The standard InChI is InChI=1S/C24H25ClN4O3/c1-3-31-23(30)15-29-11-10-22(21-14-26-16(2)27-24(21)29)28-18-7-5-9-20(13-18)32-19-8-4-6-17(25)12-19/h4-9,12-14,22,28H,3,10-11,15H2,1-2H3. The summed E-state index contributed by atoms with van der Waals surface area (Å²) in [5.41, 5.74) is 1.87. The first-order chi connectivity index (χ1) is 15.5. The van der Waals surface area contributed by atoms with E-state index in [1.807, 2.05) is 60.5 Å². The largest absolute Gasteiger partial charge is 0.465 e. The Bertz CT molecular complexity index is 1110. The highest BCUT2D eigenvalue weighted by Crippen LogP contribution is 2.35. The zero-order valence-electron chi connectivity index (χ0n) is 18.0. The van der Waals surface area contributed by atoms with E-state index in [1.165, 1.54) is 0 Å². The number of aryl methyl sites for hydroxylation is 1. The van der Waals surface area contributed by atoms with E-state index in [0.29, 0.717) is 35.5 Å². The summed E-state index contributed by atoms with van der Waals surface area (Å²) < 4.78 is 11.1. The third-order valence-electron chi connectivity index (χ3n) is 5.11. The van der Waals surface area contributed by atoms with Crippen molar-refractivity contribution >= 4 is 29.1 Å². The van der Waals surface area contributed by atoms with Gasteiger partial charge in [-0.05, 0) is 50.6 Å². The number of rotatable bonds is 7. The van der Waals surface area contributed by atoms with Crippen LogP contribution in [0.4, 0.5) is 11.5 Å². The van der Waals surface area contributed by atoms with Crippen molar-refractivity contribution in [3.63, 3.8) is 0 Å². The smallest absolute Gasteiger partial charge is 0.325 e. The second kappa shape index (κ2) is 9.87. The molecule has 7 nitrogen and oxygen atoms in total. The number of hydrogen-bond acceptors (Lipinski definition) is 7. The minimum atomic E-state index is -0.257. The summed E-state index contributed by atoms with van der Waals surface area (Å²) in [6, 6.07) is 15.1. The SMILES string of the molecule is CCOC(=O)CN1CCC(Nc2cccc(Oc3cccc(Cl)c3)c2)c2cnc(C)nc21. The zero-order chi connectivity index (χ0) is 22.5. The van der Waals surface area contributed by atoms with Crippen LogP contribution in [0.25, 0.3) is 0 Å². The molecule has 0 radical (unpaired) electrons. The molecule has 1 aliphatic heterocycles. The molecule has 3 aromatic rings. The van der Waals surface area contributed by atoms with Gasteiger partial charge in [0.15, 0.2) is 0 Å². The zero-order valence-corrected chi connectivity index (χ0v) is 18.8. The summed E-state index contributed by atoms with van der Waals surface area (Å²) in [4.78, 5) is 23.0. The maximum absolute atomic E-state index is 12.0. The van der Waals surface area contributed by atoms with Crippen molar-refractivity contribution in [1.29, 1.82) is 0 Å². The van der Waals surface area contributed by atoms with Gasteiger partial charge in [-0.15, -0.1) is 0 Å². The predicted molar refractivity (Wildman–Crippen MR) is 125 cm³/mol. The average molecular weight is 453 g/mol. The number of carbonyl (C=O) groups is 1. The topological polar surface area (TPSA) is 76.6 Å². The molecule has 8 heteroatoms. The van der Waals surface area contributed by atoms with Crippen molar-refractivity contribution < 1.29 is 14.3 Å². The van der Waals surface area contributed by atoms with Crippen LogP contribution in [0.15, 0.2) is 54.7 Å². The Hall–Kier alpha value is -3.32. The van der Waals surface area contributed by atoms with E-state index in [-0.39, 0.29) is 18.6 Å². The van der Waals surface area contributed by atoms with Gasteiger partial charge < -0.3 is 19.7 Å². The van der Waals surface area contributed by atoms with Gasteiger partial charge in [0.25, 0.3) is 0 Å². The van der Waals surface area contributed by atoms with Gasteiger partial charge in [-0.25, -0.2) is 9.97 Å². The molecular formula is C24H25ClN4O3. The Balaban J connectivity index is 1.52. The molecule has 4 rings (SSSR count). The lowest BCUT2D eigenvalue weighted by atomic mass is 10.0. The number of nitrogens with zero attached hydrogens (tertiary/aromatic N) is 3. The fourth-order valence-corrected chi connectivity index (χ4v) is 3.88. The summed E-state index contributed by atoms with van der Waals surface area (Å²) in [5.74, 6) is 2.55. The number of carbonyl (C=O) groups excluding carboxylic acids is 1. The molecule has 1 atom stereocenters. The highest BCUT2D eigenvalue weighted by molar-refractivity contribution is 6.30. The van der Waals surface area contributed by atoms with Crippen molar-refractivity contribution in [2.24, 2.45) is 0 Å². The number of aromatic nitrogens is 2. The van der Waals surface area contributed by atoms with Gasteiger partial charge in [0.1, 0.15) is 29.7 Å². The Morgan fingerprint density at radius 1 is 1.22 bits per heavy atom. The molecule has 2 aromatic carbocycles. The third-order valence-corrected chi connectivity index (χ3v) is 5.35. The number of fused-ring (bicyclic) bond motifs is 1. The van der Waals surface area contributed by atoms with Gasteiger partial charge in [-0.1, -0.05) is 23.7 Å². The molecule has 32 heavy (non-hydrogen) atoms. The molecule has 0 fully saturated rings. The number of nitrogens with one attached hydrogen (secondary N) is 1. The second-order valence-corrected chi connectivity index (χ2v) is 7.93. The third kappa shape index (κ3) is 5.29. The summed E-state index contributed by atoms with van der Waals surface area (Å²) >= 11 is 6.05. The maximum atomic E-state index is 12.0. The first kappa shape index (κ1) is 21.9. The van der Waals surface area contributed by atoms with E-state index in [4.69, 9.17) is 21.1 Å². The van der Waals surface area contributed by atoms with Crippen molar-refractivity contribution in [3.05, 3.63) is 71.1 Å². The number of ether oxygens (including phenoxy) is 2. The van der Waals surface area contributed by atoms with E-state index in [0.717, 1.165) is 23.5 Å². The number of hydrogen-bond donors (Lipinski definition) is 1. The Morgan fingerprint density at radius 2 is 2.00 bits per heavy atom. The van der Waals surface area contributed by atoms with E-state index >= 15 is 0 Å². The van der Waals surface area contributed by atoms with E-state index in [1.54, 1.807) is 13.0 Å². The predicted octanol–water partition coefficient (Wildman–Crippen LogP) is 5.16. The van der Waals surface area contributed by atoms with Gasteiger partial charge in [-0.2, -0.15) is 0 Å². The molecule has 0 saturated carbocycles. The summed E-state index contributed by atoms with van der Waals surface area (Å²) in [5, 5.41) is 4.19. The Labute approximate surface area is 192 Å². The molecule has 1 aromatic heterocycles. The van der Waals surface area contributed by atoms with Gasteiger partial charge in [0, 0.05) is 35.1 Å². The van der Waals surface area contributed by atoms with Gasteiger partial charge in [0.05, 0.1) is 12.6 Å². The number of halogens is 1. The summed E-state index contributed by atoms with van der Waals surface area (Å²) in [7, 11) is 0. The van der Waals surface area contributed by atoms with Crippen LogP contribution in [0.3, 0.4) is 0 Å². The molecule has 0 amide bonds. The van der Waals surface area contributed by atoms with Crippen molar-refractivity contribution in [2.75, 3.05) is 29.9 Å². The van der Waals surface area contributed by atoms with Crippen LogP contribution in [0, 0.1) is 6.92 Å². The van der Waals surface area contributed by atoms with Crippen LogP contribution >= 0.6 is 11.6 Å². The highest BCUT2D eigenvalue weighted by Gasteiger charge is 2.28. The van der Waals surface area contributed by atoms with Crippen molar-refractivity contribution in [2.45, 2.75) is 26.3 Å². The molecule has 0 saturated heterocycles. The molecule has 1 aliphatic rings. The normalized spacial score (nSPS) is 15.1. The molecule has 0 aliphatic carbocycles. The molecule has 0 bridgehead atoms. The van der Waals surface area contributed by atoms with E-state index in [2.05, 4.69) is 15.3 Å². The molecule has 0 spiro atoms. The van der Waals surface area contributed by atoms with Crippen LogP contribution in [-0.2, 0) is 9.53 Å². The lowest BCUT2D eigenvalue weighted by Crippen LogP contribution is -2.38. The fraction of sp³-hybridized carbons (Fsp3) is 0.292. The minimum absolute atomic E-state index is 0.00506. The number of anilines is 2.